The minimum Gasteiger partial charge on any atom is -0.210 e. The summed E-state index contributed by atoms with van der Waals surface area (Å²) >= 11 is 0. The maximum absolute atomic E-state index is 11.3. The lowest BCUT2D eigenvalue weighted by Crippen LogP contribution is -1.89. The van der Waals surface area contributed by atoms with Crippen molar-refractivity contribution in [2.75, 3.05) is 0 Å². The fraction of sp³-hybridized carbons (Fsp3) is 0.833. The number of halogens is 2. The van der Waals surface area contributed by atoms with Crippen molar-refractivity contribution in [1.82, 2.24) is 0 Å². The molecule has 49 valence electrons. The van der Waals surface area contributed by atoms with Gasteiger partial charge in [-0.15, -0.1) is 0 Å². The summed E-state index contributed by atoms with van der Waals surface area (Å²) in [6.07, 6.45) is 1.24. The van der Waals surface area contributed by atoms with Gasteiger partial charge in [0.05, 0.1) is 0 Å². The molecular weight excluding hydrogens is 110 g/mol. The zero-order chi connectivity index (χ0) is 6.41. The fourth-order valence-corrected chi connectivity index (χ4v) is 0.448. The minimum atomic E-state index is -2.22. The average Bonchev–Trinajstić information content (AvgIpc) is 1.66. The Hall–Kier alpha value is -0.140. The van der Waals surface area contributed by atoms with Gasteiger partial charge in [-0.2, -0.15) is 0 Å². The van der Waals surface area contributed by atoms with Crippen molar-refractivity contribution in [2.24, 2.45) is 0 Å². The van der Waals surface area contributed by atoms with Gasteiger partial charge in [-0.3, -0.25) is 0 Å². The highest BCUT2D eigenvalue weighted by atomic mass is 19.3. The zero-order valence-corrected chi connectivity index (χ0v) is 5.03. The Kier molecular flexibility index (Phi) is 4.92. The number of hydrogen-bond acceptors (Lipinski definition) is 0. The predicted octanol–water partition coefficient (Wildman–Crippen LogP) is 2.65. The van der Waals surface area contributed by atoms with Crippen LogP contribution in [0.3, 0.4) is 0 Å². The summed E-state index contributed by atoms with van der Waals surface area (Å²) in [5.41, 5.74) is 0. The van der Waals surface area contributed by atoms with E-state index in [0.717, 1.165) is 19.3 Å². The Labute approximate surface area is 48.9 Å². The van der Waals surface area contributed by atoms with Crippen LogP contribution < -0.4 is 0 Å². The first kappa shape index (κ1) is 7.86. The Balaban J connectivity index is 2.72. The lowest BCUT2D eigenvalue weighted by Gasteiger charge is -1.94. The molecule has 0 aromatic carbocycles. The molecule has 0 aliphatic rings. The fourth-order valence-electron chi connectivity index (χ4n) is 0.448. The van der Waals surface area contributed by atoms with E-state index in [1.807, 2.05) is 6.92 Å². The normalized spacial score (nSPS) is 10.5. The van der Waals surface area contributed by atoms with E-state index in [-0.39, 0.29) is 0 Å². The minimum absolute atomic E-state index is 0.550. The van der Waals surface area contributed by atoms with Crippen LogP contribution in [0.1, 0.15) is 26.2 Å². The number of alkyl halides is 2. The lowest BCUT2D eigenvalue weighted by atomic mass is 10.2. The SMILES string of the molecule is CCCC[CH]C(F)F. The van der Waals surface area contributed by atoms with Gasteiger partial charge in [-0.25, -0.2) is 8.78 Å². The molecule has 8 heavy (non-hydrogen) atoms. The Morgan fingerprint density at radius 3 is 2.50 bits per heavy atom. The highest BCUT2D eigenvalue weighted by Crippen LogP contribution is 2.04. The van der Waals surface area contributed by atoms with Gasteiger partial charge in [0.1, 0.15) is 0 Å². The summed E-state index contributed by atoms with van der Waals surface area (Å²) in [5.74, 6) is 0. The molecule has 0 N–H and O–H groups in total. The first-order valence-electron chi connectivity index (χ1n) is 2.89. The molecule has 0 spiro atoms. The van der Waals surface area contributed by atoms with Gasteiger partial charge < -0.3 is 0 Å². The van der Waals surface area contributed by atoms with E-state index >= 15 is 0 Å². The monoisotopic (exact) mass is 121 g/mol. The Morgan fingerprint density at radius 2 is 2.12 bits per heavy atom. The van der Waals surface area contributed by atoms with E-state index < -0.39 is 6.43 Å². The highest BCUT2D eigenvalue weighted by Gasteiger charge is 1.99. The number of unbranched alkanes of at least 4 members (excludes halogenated alkanes) is 2. The van der Waals surface area contributed by atoms with Gasteiger partial charge >= 0.3 is 0 Å². The molecule has 0 fully saturated rings. The summed E-state index contributed by atoms with van der Waals surface area (Å²) < 4.78 is 22.6. The van der Waals surface area contributed by atoms with Crippen LogP contribution in [0.2, 0.25) is 0 Å². The molecule has 0 aromatic heterocycles. The zero-order valence-electron chi connectivity index (χ0n) is 5.03. The molecule has 2 heteroatoms. The van der Waals surface area contributed by atoms with Crippen molar-refractivity contribution in [2.45, 2.75) is 32.6 Å². The molecule has 1 radical (unpaired) electrons. The summed E-state index contributed by atoms with van der Waals surface area (Å²) in [6, 6.07) is 0. The standard InChI is InChI=1S/C6H11F2/c1-2-3-4-5-6(7)8/h5-6H,2-4H2,1H3. The van der Waals surface area contributed by atoms with Gasteiger partial charge in [0.15, 0.2) is 0 Å². The first-order valence-corrected chi connectivity index (χ1v) is 2.89. The lowest BCUT2D eigenvalue weighted by molar-refractivity contribution is 0.180. The number of rotatable bonds is 4. The van der Waals surface area contributed by atoms with Gasteiger partial charge in [-0.1, -0.05) is 19.8 Å². The van der Waals surface area contributed by atoms with E-state index in [1.54, 1.807) is 0 Å². The van der Waals surface area contributed by atoms with Crippen LogP contribution in [0.25, 0.3) is 0 Å². The van der Waals surface area contributed by atoms with Gasteiger partial charge in [0.25, 0.3) is 0 Å². The van der Waals surface area contributed by atoms with Crippen LogP contribution in [0.15, 0.2) is 0 Å². The Bertz CT molecular complexity index is 43.8. The molecular formula is C6H11F2. The third-order valence-corrected chi connectivity index (χ3v) is 0.903. The summed E-state index contributed by atoms with van der Waals surface area (Å²) in [7, 11) is 0. The molecule has 0 saturated carbocycles. The van der Waals surface area contributed by atoms with Crippen molar-refractivity contribution in [3.05, 3.63) is 6.42 Å². The first-order chi connectivity index (χ1) is 3.77. The second-order valence-electron chi connectivity index (χ2n) is 1.71. The maximum atomic E-state index is 11.3. The second kappa shape index (κ2) is 5.01. The third-order valence-electron chi connectivity index (χ3n) is 0.903. The van der Waals surface area contributed by atoms with Crippen LogP contribution in [0, 0.1) is 6.42 Å². The third kappa shape index (κ3) is 5.86. The molecule has 0 rings (SSSR count). The predicted molar refractivity (Wildman–Crippen MR) is 29.8 cm³/mol. The van der Waals surface area contributed by atoms with Crippen molar-refractivity contribution >= 4 is 0 Å². The van der Waals surface area contributed by atoms with Crippen molar-refractivity contribution in [1.29, 1.82) is 0 Å². The molecule has 0 saturated heterocycles. The van der Waals surface area contributed by atoms with E-state index in [2.05, 4.69) is 0 Å². The van der Waals surface area contributed by atoms with Crippen LogP contribution in [-0.4, -0.2) is 6.43 Å². The van der Waals surface area contributed by atoms with Gasteiger partial charge in [0.2, 0.25) is 6.43 Å². The quantitative estimate of drug-likeness (QED) is 0.501. The summed E-state index contributed by atoms with van der Waals surface area (Å²) in [4.78, 5) is 0. The van der Waals surface area contributed by atoms with E-state index in [4.69, 9.17) is 0 Å². The summed E-state index contributed by atoms with van der Waals surface area (Å²) in [6.45, 7) is 1.99. The Morgan fingerprint density at radius 1 is 1.50 bits per heavy atom. The van der Waals surface area contributed by atoms with Gasteiger partial charge in [-0.05, 0) is 6.42 Å². The molecule has 0 bridgehead atoms. The molecule has 0 aliphatic carbocycles. The molecule has 0 nitrogen and oxygen atoms in total. The molecule has 0 amide bonds. The second-order valence-corrected chi connectivity index (χ2v) is 1.71. The summed E-state index contributed by atoms with van der Waals surface area (Å²) in [5, 5.41) is 0. The number of hydrogen-bond donors (Lipinski definition) is 0. The van der Waals surface area contributed by atoms with Crippen LogP contribution in [0.5, 0.6) is 0 Å². The van der Waals surface area contributed by atoms with Crippen LogP contribution >= 0.6 is 0 Å². The van der Waals surface area contributed by atoms with Crippen molar-refractivity contribution in [3.63, 3.8) is 0 Å². The smallest absolute Gasteiger partial charge is 0.210 e. The van der Waals surface area contributed by atoms with E-state index in [0.29, 0.717) is 6.42 Å². The topological polar surface area (TPSA) is 0 Å². The maximum Gasteiger partial charge on any atom is 0.241 e. The van der Waals surface area contributed by atoms with E-state index in [9.17, 15) is 8.78 Å². The highest BCUT2D eigenvalue weighted by molar-refractivity contribution is 4.65. The molecule has 0 aromatic rings. The van der Waals surface area contributed by atoms with E-state index in [1.165, 1.54) is 0 Å². The molecule has 0 atom stereocenters. The van der Waals surface area contributed by atoms with Crippen molar-refractivity contribution < 1.29 is 8.78 Å². The van der Waals surface area contributed by atoms with Crippen molar-refractivity contribution in [3.8, 4) is 0 Å². The molecule has 0 unspecified atom stereocenters. The molecule has 0 heterocycles. The molecule has 0 aliphatic heterocycles. The van der Waals surface area contributed by atoms with Gasteiger partial charge in [0, 0.05) is 6.42 Å². The average molecular weight is 121 g/mol. The van der Waals surface area contributed by atoms with Crippen LogP contribution in [0.4, 0.5) is 8.78 Å². The largest absolute Gasteiger partial charge is 0.241 e. The van der Waals surface area contributed by atoms with Crippen LogP contribution in [-0.2, 0) is 0 Å².